The Morgan fingerprint density at radius 2 is 1.78 bits per heavy atom. The number of fused-ring (bicyclic) bond motifs is 1. The van der Waals surface area contributed by atoms with E-state index in [1.165, 1.54) is 6.07 Å². The van der Waals surface area contributed by atoms with E-state index in [2.05, 4.69) is 24.1 Å². The van der Waals surface area contributed by atoms with Gasteiger partial charge in [-0.3, -0.25) is 4.79 Å². The summed E-state index contributed by atoms with van der Waals surface area (Å²) >= 11 is 0. The van der Waals surface area contributed by atoms with E-state index >= 15 is 0 Å². The van der Waals surface area contributed by atoms with Crippen molar-refractivity contribution in [3.63, 3.8) is 0 Å². The van der Waals surface area contributed by atoms with Crippen LogP contribution in [0.2, 0.25) is 0 Å². The topological polar surface area (TPSA) is 59.8 Å². The third-order valence-corrected chi connectivity index (χ3v) is 5.33. The molecule has 6 heteroatoms. The first-order valence-corrected chi connectivity index (χ1v) is 10.9. The molecule has 0 bridgehead atoms. The highest BCUT2D eigenvalue weighted by Crippen LogP contribution is 2.26. The van der Waals surface area contributed by atoms with Crippen LogP contribution in [0.5, 0.6) is 0 Å². The number of carbonyl (C=O) groups is 1. The number of benzene rings is 2. The predicted octanol–water partition coefficient (Wildman–Crippen LogP) is 4.87. The quantitative estimate of drug-likeness (QED) is 0.434. The molecule has 32 heavy (non-hydrogen) atoms. The monoisotopic (exact) mass is 430 g/mol. The summed E-state index contributed by atoms with van der Waals surface area (Å²) in [5.74, 6) is -0.222. The van der Waals surface area contributed by atoms with Crippen LogP contribution in [-0.2, 0) is 24.2 Å². The van der Waals surface area contributed by atoms with Crippen molar-refractivity contribution in [2.45, 2.75) is 39.3 Å². The molecule has 0 radical (unpaired) electrons. The summed E-state index contributed by atoms with van der Waals surface area (Å²) in [6, 6.07) is 19.8. The lowest BCUT2D eigenvalue weighted by Gasteiger charge is -2.18. The maximum Gasteiger partial charge on any atom is 0.225 e. The fraction of sp³-hybridized carbons (Fsp3) is 0.269. The summed E-state index contributed by atoms with van der Waals surface area (Å²) in [7, 11) is 0. The molecule has 0 saturated heterocycles. The van der Waals surface area contributed by atoms with E-state index in [9.17, 15) is 9.18 Å². The van der Waals surface area contributed by atoms with E-state index < -0.39 is 0 Å². The first-order chi connectivity index (χ1) is 15.5. The van der Waals surface area contributed by atoms with Crippen LogP contribution in [0.4, 0.5) is 4.39 Å². The molecular weight excluding hydrogens is 403 g/mol. The van der Waals surface area contributed by atoms with Gasteiger partial charge in [0.15, 0.2) is 5.65 Å². The minimum atomic E-state index is -0.377. The molecule has 2 aromatic carbocycles. The minimum absolute atomic E-state index is 0.0269. The molecule has 4 rings (SSSR count). The van der Waals surface area contributed by atoms with Crippen LogP contribution in [0, 0.1) is 11.7 Å². The van der Waals surface area contributed by atoms with Gasteiger partial charge in [-0.1, -0.05) is 62.4 Å². The summed E-state index contributed by atoms with van der Waals surface area (Å²) in [5.41, 5.74) is 3.04. The molecule has 0 unspecified atom stereocenters. The van der Waals surface area contributed by atoms with Crippen molar-refractivity contribution in [2.24, 2.45) is 5.92 Å². The zero-order valence-electron chi connectivity index (χ0n) is 18.3. The molecule has 5 nitrogen and oxygen atoms in total. The van der Waals surface area contributed by atoms with E-state index in [1.807, 2.05) is 47.1 Å². The number of aromatic nitrogens is 3. The second-order valence-corrected chi connectivity index (χ2v) is 8.41. The third-order valence-electron chi connectivity index (χ3n) is 5.33. The molecule has 0 aliphatic heterocycles. The van der Waals surface area contributed by atoms with E-state index in [0.29, 0.717) is 17.9 Å². The maximum absolute atomic E-state index is 14.1. The van der Waals surface area contributed by atoms with Gasteiger partial charge < -0.3 is 5.32 Å². The molecule has 0 fully saturated rings. The molecule has 0 saturated carbocycles. The number of nitrogens with zero attached hydrogens (tertiary/aromatic N) is 3. The summed E-state index contributed by atoms with van der Waals surface area (Å²) < 4.78 is 16.0. The smallest absolute Gasteiger partial charge is 0.225 e. The molecule has 0 spiro atoms. The Morgan fingerprint density at radius 3 is 2.53 bits per heavy atom. The lowest BCUT2D eigenvalue weighted by Crippen LogP contribution is -2.32. The van der Waals surface area contributed by atoms with Crippen molar-refractivity contribution in [3.8, 4) is 0 Å². The molecule has 1 amide bonds. The van der Waals surface area contributed by atoms with Crippen molar-refractivity contribution in [1.82, 2.24) is 20.1 Å². The Balaban J connectivity index is 1.68. The number of pyridine rings is 1. The van der Waals surface area contributed by atoms with Gasteiger partial charge in [0.2, 0.25) is 5.91 Å². The van der Waals surface area contributed by atoms with Gasteiger partial charge in [0.05, 0.1) is 18.2 Å². The number of rotatable bonds is 8. The maximum atomic E-state index is 14.1. The summed E-state index contributed by atoms with van der Waals surface area (Å²) in [6.07, 6.45) is 2.31. The van der Waals surface area contributed by atoms with E-state index in [1.54, 1.807) is 24.4 Å². The van der Waals surface area contributed by atoms with Gasteiger partial charge in [-0.05, 0) is 41.7 Å². The second kappa shape index (κ2) is 9.73. The van der Waals surface area contributed by atoms with Crippen LogP contribution in [-0.4, -0.2) is 20.7 Å². The lowest BCUT2D eigenvalue weighted by atomic mass is 10.0. The zero-order valence-corrected chi connectivity index (χ0v) is 18.3. The van der Waals surface area contributed by atoms with Gasteiger partial charge >= 0.3 is 0 Å². The average Bonchev–Trinajstić information content (AvgIpc) is 3.13. The Hall–Kier alpha value is -3.54. The summed E-state index contributed by atoms with van der Waals surface area (Å²) in [4.78, 5) is 17.5. The first kappa shape index (κ1) is 21.7. The molecule has 1 N–H and O–H groups in total. The van der Waals surface area contributed by atoms with Gasteiger partial charge in [0.25, 0.3) is 0 Å². The van der Waals surface area contributed by atoms with Crippen LogP contribution < -0.4 is 5.32 Å². The fourth-order valence-corrected chi connectivity index (χ4v) is 3.89. The van der Waals surface area contributed by atoms with Crippen molar-refractivity contribution < 1.29 is 9.18 Å². The highest BCUT2D eigenvalue weighted by atomic mass is 19.1. The van der Waals surface area contributed by atoms with Crippen LogP contribution in [0.25, 0.3) is 11.0 Å². The van der Waals surface area contributed by atoms with E-state index in [-0.39, 0.29) is 24.2 Å². The Kier molecular flexibility index (Phi) is 6.59. The van der Waals surface area contributed by atoms with Gasteiger partial charge in [-0.15, -0.1) is 0 Å². The molecular formula is C26H27FN4O. The Bertz CT molecular complexity index is 1200. The summed E-state index contributed by atoms with van der Waals surface area (Å²) in [6.45, 7) is 5.00. The Morgan fingerprint density at radius 1 is 1.03 bits per heavy atom. The number of nitrogens with one attached hydrogen (secondary N) is 1. The number of amides is 1. The van der Waals surface area contributed by atoms with Crippen LogP contribution >= 0.6 is 0 Å². The van der Waals surface area contributed by atoms with Gasteiger partial charge in [0, 0.05) is 18.1 Å². The number of halogens is 1. The molecule has 2 aromatic heterocycles. The first-order valence-electron chi connectivity index (χ1n) is 10.9. The molecule has 0 aliphatic carbocycles. The van der Waals surface area contributed by atoms with Crippen LogP contribution in [0.1, 0.15) is 36.7 Å². The lowest BCUT2D eigenvalue weighted by molar-refractivity contribution is -0.121. The molecule has 1 atom stereocenters. The second-order valence-electron chi connectivity index (χ2n) is 8.41. The fourth-order valence-electron chi connectivity index (χ4n) is 3.89. The van der Waals surface area contributed by atoms with Gasteiger partial charge in [0.1, 0.15) is 5.82 Å². The molecule has 164 valence electrons. The van der Waals surface area contributed by atoms with Gasteiger partial charge in [-0.2, -0.15) is 5.10 Å². The van der Waals surface area contributed by atoms with Gasteiger partial charge in [-0.25, -0.2) is 14.1 Å². The normalized spacial score (nSPS) is 12.2. The molecule has 0 aliphatic rings. The zero-order chi connectivity index (χ0) is 22.5. The van der Waals surface area contributed by atoms with Crippen molar-refractivity contribution in [3.05, 3.63) is 95.6 Å². The highest BCUT2D eigenvalue weighted by molar-refractivity contribution is 5.82. The SMILES string of the molecule is CC(C)Cn1nc([C@H](Cc2ccccc2)NC(=O)Cc2ccccc2F)c2cccnc21. The summed E-state index contributed by atoms with van der Waals surface area (Å²) in [5, 5.41) is 8.89. The van der Waals surface area contributed by atoms with Crippen molar-refractivity contribution in [2.75, 3.05) is 0 Å². The molecule has 4 aromatic rings. The Labute approximate surface area is 187 Å². The minimum Gasteiger partial charge on any atom is -0.347 e. The van der Waals surface area contributed by atoms with Crippen molar-refractivity contribution in [1.29, 1.82) is 0 Å². The van der Waals surface area contributed by atoms with Crippen LogP contribution in [0.15, 0.2) is 72.9 Å². The predicted molar refractivity (Wildman–Crippen MR) is 123 cm³/mol. The largest absolute Gasteiger partial charge is 0.347 e. The standard InChI is InChI=1S/C26H27FN4O/c1-18(2)17-31-26-21(12-8-14-28-26)25(30-31)23(15-19-9-4-3-5-10-19)29-24(32)16-20-11-6-7-13-22(20)27/h3-14,18,23H,15-17H2,1-2H3,(H,29,32)/t23-/m0/s1. The highest BCUT2D eigenvalue weighted by Gasteiger charge is 2.23. The molecule has 2 heterocycles. The number of hydrogen-bond donors (Lipinski definition) is 1. The van der Waals surface area contributed by atoms with E-state index in [0.717, 1.165) is 28.8 Å². The number of carbonyl (C=O) groups excluding carboxylic acids is 1. The van der Waals surface area contributed by atoms with Crippen molar-refractivity contribution >= 4 is 16.9 Å². The average molecular weight is 431 g/mol. The number of hydrogen-bond acceptors (Lipinski definition) is 3. The van der Waals surface area contributed by atoms with E-state index in [4.69, 9.17) is 5.10 Å². The van der Waals surface area contributed by atoms with Crippen LogP contribution in [0.3, 0.4) is 0 Å². The third kappa shape index (κ3) is 5.02.